The summed E-state index contributed by atoms with van der Waals surface area (Å²) in [6.45, 7) is 1.46. The van der Waals surface area contributed by atoms with Crippen molar-refractivity contribution in [3.05, 3.63) is 0 Å². The monoisotopic (exact) mass is 313 g/mol. The van der Waals surface area contributed by atoms with E-state index in [1.54, 1.807) is 0 Å². The summed E-state index contributed by atoms with van der Waals surface area (Å²) >= 11 is 1.57. The molecule has 6 nitrogen and oxygen atoms in total. The summed E-state index contributed by atoms with van der Waals surface area (Å²) in [4.78, 5) is 27.1. The van der Waals surface area contributed by atoms with Crippen LogP contribution in [0.15, 0.2) is 5.16 Å². The number of rotatable bonds is 6. The van der Waals surface area contributed by atoms with Gasteiger partial charge in [-0.2, -0.15) is 0 Å². The van der Waals surface area contributed by atoms with Gasteiger partial charge in [0.05, 0.1) is 11.6 Å². The molecule has 0 saturated carbocycles. The number of ether oxygens (including phenoxy) is 1. The molecule has 92 valence electrons. The maximum Gasteiger partial charge on any atom is 0.368 e. The van der Waals surface area contributed by atoms with E-state index in [2.05, 4.69) is 25.9 Å². The van der Waals surface area contributed by atoms with Crippen molar-refractivity contribution in [3.8, 4) is 0 Å². The molecule has 0 rings (SSSR count). The SMILES string of the molecule is CON=C(C(=O)CBr)C(=O)OC(C)[S+](C)[O-]. The summed E-state index contributed by atoms with van der Waals surface area (Å²) in [6, 6.07) is 0. The lowest BCUT2D eigenvalue weighted by atomic mass is 10.3. The Labute approximate surface area is 105 Å². The number of oxime groups is 1. The first-order valence-electron chi connectivity index (χ1n) is 4.17. The molecule has 16 heavy (non-hydrogen) atoms. The Morgan fingerprint density at radius 1 is 1.56 bits per heavy atom. The van der Waals surface area contributed by atoms with Gasteiger partial charge in [-0.15, -0.1) is 0 Å². The van der Waals surface area contributed by atoms with E-state index in [-0.39, 0.29) is 5.33 Å². The summed E-state index contributed by atoms with van der Waals surface area (Å²) in [5.41, 5.74) is -1.27. The minimum absolute atomic E-state index is 0.0755. The minimum Gasteiger partial charge on any atom is -0.614 e. The van der Waals surface area contributed by atoms with E-state index in [1.165, 1.54) is 20.3 Å². The lowest BCUT2D eigenvalue weighted by Crippen LogP contribution is -2.32. The van der Waals surface area contributed by atoms with Crippen molar-refractivity contribution < 1.29 is 23.7 Å². The zero-order valence-electron chi connectivity index (χ0n) is 9.06. The van der Waals surface area contributed by atoms with Gasteiger partial charge in [-0.25, -0.2) is 4.79 Å². The third kappa shape index (κ3) is 4.95. The van der Waals surface area contributed by atoms with Gasteiger partial charge in [-0.05, 0) is 11.2 Å². The van der Waals surface area contributed by atoms with Crippen molar-refractivity contribution in [2.24, 2.45) is 5.16 Å². The van der Waals surface area contributed by atoms with Crippen LogP contribution in [0, 0.1) is 0 Å². The lowest BCUT2D eigenvalue weighted by molar-refractivity contribution is -0.137. The van der Waals surface area contributed by atoms with Crippen LogP contribution in [0.3, 0.4) is 0 Å². The van der Waals surface area contributed by atoms with Crippen LogP contribution in [0.4, 0.5) is 0 Å². The number of carbonyl (C=O) groups is 2. The molecule has 0 aliphatic rings. The fourth-order valence-corrected chi connectivity index (χ4v) is 1.12. The molecule has 8 heteroatoms. The second-order valence-electron chi connectivity index (χ2n) is 2.65. The minimum atomic E-state index is -1.33. The fourth-order valence-electron chi connectivity index (χ4n) is 0.631. The molecule has 2 unspecified atom stereocenters. The Balaban J connectivity index is 4.65. The summed E-state index contributed by atoms with van der Waals surface area (Å²) in [5.74, 6) is -1.52. The number of nitrogens with zero attached hydrogens (tertiary/aromatic N) is 1. The second kappa shape index (κ2) is 7.64. The highest BCUT2D eigenvalue weighted by Crippen LogP contribution is 2.02. The highest BCUT2D eigenvalue weighted by molar-refractivity contribution is 9.09. The zero-order chi connectivity index (χ0) is 12.7. The maximum absolute atomic E-state index is 11.4. The molecule has 0 aromatic heterocycles. The lowest BCUT2D eigenvalue weighted by Gasteiger charge is -2.14. The molecule has 0 aromatic carbocycles. The van der Waals surface area contributed by atoms with Gasteiger partial charge >= 0.3 is 5.97 Å². The van der Waals surface area contributed by atoms with E-state index < -0.39 is 34.1 Å². The Morgan fingerprint density at radius 2 is 2.12 bits per heavy atom. The molecule has 0 aliphatic carbocycles. The molecule has 2 atom stereocenters. The average molecular weight is 314 g/mol. The largest absolute Gasteiger partial charge is 0.614 e. The first-order valence-corrected chi connectivity index (χ1v) is 6.91. The van der Waals surface area contributed by atoms with E-state index in [0.717, 1.165) is 0 Å². The van der Waals surface area contributed by atoms with Gasteiger partial charge < -0.3 is 14.1 Å². The molecule has 0 aromatic rings. The fraction of sp³-hybridized carbons (Fsp3) is 0.625. The molecular weight excluding hydrogens is 302 g/mol. The average Bonchev–Trinajstić information content (AvgIpc) is 2.24. The van der Waals surface area contributed by atoms with Crippen molar-refractivity contribution in [1.29, 1.82) is 0 Å². The van der Waals surface area contributed by atoms with E-state index in [1.807, 2.05) is 0 Å². The molecule has 0 aliphatic heterocycles. The Bertz CT molecular complexity index is 294. The van der Waals surface area contributed by atoms with Crippen LogP contribution in [0.2, 0.25) is 0 Å². The highest BCUT2D eigenvalue weighted by atomic mass is 79.9. The molecule has 0 radical (unpaired) electrons. The quantitative estimate of drug-likeness (QED) is 0.175. The molecule has 0 N–H and O–H groups in total. The summed E-state index contributed by atoms with van der Waals surface area (Å²) in [6.07, 6.45) is 1.39. The smallest absolute Gasteiger partial charge is 0.368 e. The Morgan fingerprint density at radius 3 is 2.50 bits per heavy atom. The van der Waals surface area contributed by atoms with Crippen LogP contribution in [-0.2, 0) is 30.3 Å². The standard InChI is InChI=1S/C8H12BrNO5S/c1-5(16(3)13)15-8(12)7(10-14-2)6(11)4-9/h5H,4H2,1-3H3. The summed E-state index contributed by atoms with van der Waals surface area (Å²) in [5, 5.41) is 3.20. The van der Waals surface area contributed by atoms with Gasteiger partial charge in [0.15, 0.2) is 0 Å². The maximum atomic E-state index is 11.4. The molecule has 0 spiro atoms. The van der Waals surface area contributed by atoms with Crippen LogP contribution < -0.4 is 0 Å². The molecule has 0 heterocycles. The number of carbonyl (C=O) groups excluding carboxylic acids is 2. The van der Waals surface area contributed by atoms with Crippen LogP contribution in [0.5, 0.6) is 0 Å². The van der Waals surface area contributed by atoms with E-state index in [0.29, 0.717) is 0 Å². The summed E-state index contributed by atoms with van der Waals surface area (Å²) < 4.78 is 15.7. The molecule has 0 amide bonds. The zero-order valence-corrected chi connectivity index (χ0v) is 11.5. The topological polar surface area (TPSA) is 88.0 Å². The molecule has 0 saturated heterocycles. The van der Waals surface area contributed by atoms with E-state index in [9.17, 15) is 14.1 Å². The first-order chi connectivity index (χ1) is 7.43. The number of hydrogen-bond acceptors (Lipinski definition) is 6. The van der Waals surface area contributed by atoms with Crippen LogP contribution >= 0.6 is 15.9 Å². The van der Waals surface area contributed by atoms with Crippen molar-refractivity contribution in [3.63, 3.8) is 0 Å². The molecular formula is C8H12BrNO5S. The molecule has 0 fully saturated rings. The highest BCUT2D eigenvalue weighted by Gasteiger charge is 2.26. The van der Waals surface area contributed by atoms with Gasteiger partial charge in [0, 0.05) is 6.92 Å². The van der Waals surface area contributed by atoms with Gasteiger partial charge in [0.25, 0.3) is 5.44 Å². The Kier molecular flexibility index (Phi) is 7.35. The van der Waals surface area contributed by atoms with Crippen molar-refractivity contribution >= 4 is 44.6 Å². The van der Waals surface area contributed by atoms with Crippen LogP contribution in [-0.4, -0.2) is 46.1 Å². The van der Waals surface area contributed by atoms with E-state index >= 15 is 0 Å². The number of halogens is 1. The summed E-state index contributed by atoms with van der Waals surface area (Å²) in [7, 11) is 1.20. The van der Waals surface area contributed by atoms with Crippen molar-refractivity contribution in [2.45, 2.75) is 12.4 Å². The first kappa shape index (κ1) is 15.4. The Hall–Kier alpha value is -0.600. The normalized spacial score (nSPS) is 15.2. The van der Waals surface area contributed by atoms with Crippen molar-refractivity contribution in [2.75, 3.05) is 18.7 Å². The van der Waals surface area contributed by atoms with E-state index in [4.69, 9.17) is 4.74 Å². The number of Topliss-reactive ketones (excluding diaryl/α,β-unsaturated/α-hetero) is 1. The number of hydrogen-bond donors (Lipinski definition) is 0. The van der Waals surface area contributed by atoms with Gasteiger partial charge in [0.2, 0.25) is 11.5 Å². The second-order valence-corrected chi connectivity index (χ2v) is 4.87. The van der Waals surface area contributed by atoms with Gasteiger partial charge in [-0.1, -0.05) is 21.1 Å². The number of esters is 1. The van der Waals surface area contributed by atoms with Crippen LogP contribution in [0.25, 0.3) is 0 Å². The van der Waals surface area contributed by atoms with Crippen molar-refractivity contribution in [1.82, 2.24) is 0 Å². The van der Waals surface area contributed by atoms with Crippen LogP contribution in [0.1, 0.15) is 6.92 Å². The number of ketones is 1. The predicted octanol–water partition coefficient (Wildman–Crippen LogP) is 0.221. The molecule has 0 bridgehead atoms. The third-order valence-corrected chi connectivity index (χ3v) is 3.04. The predicted molar refractivity (Wildman–Crippen MR) is 62.9 cm³/mol. The number of alkyl halides is 1. The van der Waals surface area contributed by atoms with Gasteiger partial charge in [0.1, 0.15) is 7.11 Å². The third-order valence-electron chi connectivity index (χ3n) is 1.50. The van der Waals surface area contributed by atoms with Gasteiger partial charge in [-0.3, -0.25) is 4.79 Å².